The molecule has 0 atom stereocenters. The van der Waals surface area contributed by atoms with Crippen LogP contribution in [-0.4, -0.2) is 38.8 Å². The number of methoxy groups -OCH3 is 2. The van der Waals surface area contributed by atoms with E-state index < -0.39 is 0 Å². The molecule has 0 heterocycles. The highest BCUT2D eigenvalue weighted by Gasteiger charge is 2.07. The van der Waals surface area contributed by atoms with Crippen molar-refractivity contribution in [1.82, 2.24) is 4.90 Å². The lowest BCUT2D eigenvalue weighted by molar-refractivity contribution is 0.340. The van der Waals surface area contributed by atoms with Gasteiger partial charge in [0, 0.05) is 24.7 Å². The molecule has 2 aromatic rings. The van der Waals surface area contributed by atoms with E-state index in [0.717, 1.165) is 42.1 Å². The molecular formula is C22H25NO2. The number of hydrogen-bond acceptors (Lipinski definition) is 3. The highest BCUT2D eigenvalue weighted by Crippen LogP contribution is 2.25. The summed E-state index contributed by atoms with van der Waals surface area (Å²) in [6.45, 7) is 6.25. The standard InChI is InChI=1S/C22H25NO2/c1-4-15-23(16-8-11-19-9-6-5-7-10-19)17-14-20-12-13-21(24-2)18-22(20)25-3/h4-7,9-10,12-13,18H,1,14-17H2,2-3H3. The number of ether oxygens (including phenoxy) is 2. The molecule has 130 valence electrons. The minimum Gasteiger partial charge on any atom is -0.497 e. The van der Waals surface area contributed by atoms with Crippen molar-refractivity contribution in [3.05, 3.63) is 72.3 Å². The Morgan fingerprint density at radius 3 is 2.56 bits per heavy atom. The van der Waals surface area contributed by atoms with E-state index >= 15 is 0 Å². The fourth-order valence-electron chi connectivity index (χ4n) is 2.53. The van der Waals surface area contributed by atoms with Gasteiger partial charge in [-0.25, -0.2) is 0 Å². The fraction of sp³-hybridized carbons (Fsp3) is 0.273. The van der Waals surface area contributed by atoms with Crippen LogP contribution in [-0.2, 0) is 6.42 Å². The molecule has 0 spiro atoms. The van der Waals surface area contributed by atoms with E-state index in [0.29, 0.717) is 6.54 Å². The van der Waals surface area contributed by atoms with E-state index in [-0.39, 0.29) is 0 Å². The van der Waals surface area contributed by atoms with Crippen LogP contribution in [0.5, 0.6) is 11.5 Å². The summed E-state index contributed by atoms with van der Waals surface area (Å²) in [5, 5.41) is 0. The monoisotopic (exact) mass is 335 g/mol. The normalized spacial score (nSPS) is 10.0. The van der Waals surface area contributed by atoms with E-state index in [1.807, 2.05) is 48.5 Å². The highest BCUT2D eigenvalue weighted by molar-refractivity contribution is 5.41. The van der Waals surface area contributed by atoms with Crippen molar-refractivity contribution >= 4 is 0 Å². The van der Waals surface area contributed by atoms with Gasteiger partial charge in [-0.1, -0.05) is 42.2 Å². The van der Waals surface area contributed by atoms with Crippen LogP contribution in [0.25, 0.3) is 0 Å². The summed E-state index contributed by atoms with van der Waals surface area (Å²) < 4.78 is 10.7. The van der Waals surface area contributed by atoms with Gasteiger partial charge in [-0.15, -0.1) is 6.58 Å². The van der Waals surface area contributed by atoms with E-state index in [2.05, 4.69) is 29.4 Å². The van der Waals surface area contributed by atoms with Gasteiger partial charge in [0.05, 0.1) is 20.8 Å². The molecule has 3 nitrogen and oxygen atoms in total. The number of benzene rings is 2. The van der Waals surface area contributed by atoms with E-state index in [9.17, 15) is 0 Å². The average Bonchev–Trinajstić information content (AvgIpc) is 2.66. The second kappa shape index (κ2) is 10.2. The lowest BCUT2D eigenvalue weighted by Crippen LogP contribution is -2.26. The third kappa shape index (κ3) is 6.02. The van der Waals surface area contributed by atoms with Gasteiger partial charge in [-0.3, -0.25) is 4.90 Å². The van der Waals surface area contributed by atoms with E-state index in [1.54, 1.807) is 14.2 Å². The predicted octanol–water partition coefficient (Wildman–Crippen LogP) is 3.79. The summed E-state index contributed by atoms with van der Waals surface area (Å²) in [7, 11) is 3.34. The number of hydrogen-bond donors (Lipinski definition) is 0. The van der Waals surface area contributed by atoms with Crippen LogP contribution >= 0.6 is 0 Å². The molecule has 0 unspecified atom stereocenters. The largest absolute Gasteiger partial charge is 0.497 e. The van der Waals surface area contributed by atoms with E-state index in [4.69, 9.17) is 9.47 Å². The maximum atomic E-state index is 5.47. The first-order valence-electron chi connectivity index (χ1n) is 8.35. The lowest BCUT2D eigenvalue weighted by Gasteiger charge is -2.18. The molecule has 0 aliphatic heterocycles. The van der Waals surface area contributed by atoms with Gasteiger partial charge in [0.2, 0.25) is 0 Å². The number of rotatable bonds is 8. The Kier molecular flexibility index (Phi) is 7.62. The minimum atomic E-state index is 0.708. The molecule has 0 bridgehead atoms. The molecule has 0 radical (unpaired) electrons. The third-order valence-electron chi connectivity index (χ3n) is 3.89. The molecule has 0 saturated heterocycles. The van der Waals surface area contributed by atoms with Gasteiger partial charge < -0.3 is 9.47 Å². The van der Waals surface area contributed by atoms with Gasteiger partial charge in [-0.2, -0.15) is 0 Å². The van der Waals surface area contributed by atoms with Gasteiger partial charge in [0.25, 0.3) is 0 Å². The Balaban J connectivity index is 1.97. The lowest BCUT2D eigenvalue weighted by atomic mass is 10.1. The molecule has 0 fully saturated rings. The summed E-state index contributed by atoms with van der Waals surface area (Å²) in [5.41, 5.74) is 2.20. The topological polar surface area (TPSA) is 21.7 Å². The van der Waals surface area contributed by atoms with Crippen LogP contribution in [0.1, 0.15) is 11.1 Å². The Morgan fingerprint density at radius 1 is 1.08 bits per heavy atom. The van der Waals surface area contributed by atoms with Crippen molar-refractivity contribution in [2.45, 2.75) is 6.42 Å². The Hall–Kier alpha value is -2.70. The molecule has 0 aliphatic carbocycles. The quantitative estimate of drug-likeness (QED) is 0.541. The Morgan fingerprint density at radius 2 is 1.88 bits per heavy atom. The summed E-state index contributed by atoms with van der Waals surface area (Å²) in [5.74, 6) is 8.11. The smallest absolute Gasteiger partial charge is 0.125 e. The maximum Gasteiger partial charge on any atom is 0.125 e. The Labute approximate surface area is 150 Å². The minimum absolute atomic E-state index is 0.708. The van der Waals surface area contributed by atoms with Crippen LogP contribution in [0.3, 0.4) is 0 Å². The second-order valence-electron chi connectivity index (χ2n) is 5.62. The number of nitrogens with zero attached hydrogens (tertiary/aromatic N) is 1. The second-order valence-corrected chi connectivity index (χ2v) is 5.62. The Bertz CT molecular complexity index is 729. The SMILES string of the molecule is C=CCN(CC#Cc1ccccc1)CCc1ccc(OC)cc1OC. The van der Waals surface area contributed by atoms with Crippen LogP contribution in [0.4, 0.5) is 0 Å². The van der Waals surface area contributed by atoms with Crippen molar-refractivity contribution in [2.75, 3.05) is 33.9 Å². The van der Waals surface area contributed by atoms with Crippen molar-refractivity contribution < 1.29 is 9.47 Å². The summed E-state index contributed by atoms with van der Waals surface area (Å²) in [6, 6.07) is 16.0. The maximum absolute atomic E-state index is 5.47. The fourth-order valence-corrected chi connectivity index (χ4v) is 2.53. The van der Waals surface area contributed by atoms with Crippen molar-refractivity contribution in [2.24, 2.45) is 0 Å². The van der Waals surface area contributed by atoms with E-state index in [1.165, 1.54) is 0 Å². The van der Waals surface area contributed by atoms with Crippen LogP contribution < -0.4 is 9.47 Å². The van der Waals surface area contributed by atoms with Crippen LogP contribution in [0.2, 0.25) is 0 Å². The third-order valence-corrected chi connectivity index (χ3v) is 3.89. The molecule has 2 aromatic carbocycles. The van der Waals surface area contributed by atoms with Crippen molar-refractivity contribution in [3.8, 4) is 23.3 Å². The molecular weight excluding hydrogens is 310 g/mol. The molecule has 0 saturated carbocycles. The predicted molar refractivity (Wildman–Crippen MR) is 103 cm³/mol. The zero-order valence-electron chi connectivity index (χ0n) is 15.0. The first-order valence-corrected chi connectivity index (χ1v) is 8.35. The molecule has 0 aliphatic rings. The zero-order valence-corrected chi connectivity index (χ0v) is 15.0. The first-order chi connectivity index (χ1) is 12.3. The first kappa shape index (κ1) is 18.6. The molecule has 3 heteroatoms. The average molecular weight is 335 g/mol. The van der Waals surface area contributed by atoms with Gasteiger partial charge in [0.1, 0.15) is 11.5 Å². The summed E-state index contributed by atoms with van der Waals surface area (Å²) >= 11 is 0. The van der Waals surface area contributed by atoms with Crippen molar-refractivity contribution in [1.29, 1.82) is 0 Å². The van der Waals surface area contributed by atoms with Crippen LogP contribution in [0, 0.1) is 11.8 Å². The zero-order chi connectivity index (χ0) is 17.9. The molecule has 0 aromatic heterocycles. The van der Waals surface area contributed by atoms with Crippen molar-refractivity contribution in [3.63, 3.8) is 0 Å². The van der Waals surface area contributed by atoms with Crippen LogP contribution in [0.15, 0.2) is 61.2 Å². The van der Waals surface area contributed by atoms with Gasteiger partial charge in [0.15, 0.2) is 0 Å². The molecule has 0 N–H and O–H groups in total. The highest BCUT2D eigenvalue weighted by atomic mass is 16.5. The molecule has 25 heavy (non-hydrogen) atoms. The molecule has 2 rings (SSSR count). The summed E-state index contributed by atoms with van der Waals surface area (Å²) in [4.78, 5) is 2.27. The van der Waals surface area contributed by atoms with Gasteiger partial charge >= 0.3 is 0 Å². The molecule has 0 amide bonds. The summed E-state index contributed by atoms with van der Waals surface area (Å²) in [6.07, 6.45) is 2.80. The van der Waals surface area contributed by atoms with Gasteiger partial charge in [-0.05, 0) is 30.2 Å².